The largest absolute Gasteiger partial charge is 0.497 e. The summed E-state index contributed by atoms with van der Waals surface area (Å²) in [6, 6.07) is 23.8. The predicted octanol–water partition coefficient (Wildman–Crippen LogP) is 5.18. The average molecular weight is 436 g/mol. The summed E-state index contributed by atoms with van der Waals surface area (Å²) in [7, 11) is -1.86. The van der Waals surface area contributed by atoms with Crippen molar-refractivity contribution in [1.82, 2.24) is 4.72 Å². The Labute approximate surface area is 185 Å². The van der Waals surface area contributed by atoms with E-state index in [9.17, 15) is 8.42 Å². The molecular formula is C26H29NO3S. The average Bonchev–Trinajstić information content (AvgIpc) is 2.75. The molecule has 1 saturated carbocycles. The fraction of sp³-hybridized carbons (Fsp3) is 0.308. The van der Waals surface area contributed by atoms with Crippen molar-refractivity contribution in [2.24, 2.45) is 5.92 Å². The zero-order valence-electron chi connectivity index (χ0n) is 18.2. The Morgan fingerprint density at radius 3 is 1.97 bits per heavy atom. The van der Waals surface area contributed by atoms with Gasteiger partial charge < -0.3 is 4.74 Å². The van der Waals surface area contributed by atoms with Gasteiger partial charge >= 0.3 is 0 Å². The summed E-state index contributed by atoms with van der Waals surface area (Å²) in [4.78, 5) is 0.313. The molecule has 0 radical (unpaired) electrons. The van der Waals surface area contributed by atoms with E-state index in [0.29, 0.717) is 17.4 Å². The van der Waals surface area contributed by atoms with Gasteiger partial charge in [-0.15, -0.1) is 0 Å². The third-order valence-corrected chi connectivity index (χ3v) is 7.81. The minimum absolute atomic E-state index is 0.236. The van der Waals surface area contributed by atoms with Crippen molar-refractivity contribution in [3.63, 3.8) is 0 Å². The first kappa shape index (κ1) is 21.6. The molecule has 162 valence electrons. The lowest BCUT2D eigenvalue weighted by atomic mass is 9.59. The maximum absolute atomic E-state index is 12.8. The van der Waals surface area contributed by atoms with Crippen LogP contribution in [0.3, 0.4) is 0 Å². The zero-order valence-corrected chi connectivity index (χ0v) is 19.0. The van der Waals surface area contributed by atoms with Crippen LogP contribution in [0.25, 0.3) is 0 Å². The van der Waals surface area contributed by atoms with Crippen molar-refractivity contribution < 1.29 is 13.2 Å². The van der Waals surface area contributed by atoms with Gasteiger partial charge in [0.25, 0.3) is 0 Å². The number of ether oxygens (including phenoxy) is 1. The molecule has 4 rings (SSSR count). The maximum Gasteiger partial charge on any atom is 0.240 e. The fourth-order valence-corrected chi connectivity index (χ4v) is 5.56. The molecule has 4 nitrogen and oxygen atoms in total. The zero-order chi connectivity index (χ0) is 22.0. The summed E-state index contributed by atoms with van der Waals surface area (Å²) in [6.45, 7) is 4.46. The molecule has 0 unspecified atom stereocenters. The molecule has 0 spiro atoms. The molecule has 0 amide bonds. The predicted molar refractivity (Wildman–Crippen MR) is 124 cm³/mol. The van der Waals surface area contributed by atoms with Gasteiger partial charge in [-0.25, -0.2) is 13.1 Å². The summed E-state index contributed by atoms with van der Waals surface area (Å²) in [5.41, 5.74) is 4.81. The molecule has 0 aromatic heterocycles. The van der Waals surface area contributed by atoms with Gasteiger partial charge in [0.15, 0.2) is 0 Å². The van der Waals surface area contributed by atoms with Gasteiger partial charge in [-0.1, -0.05) is 59.7 Å². The van der Waals surface area contributed by atoms with Crippen molar-refractivity contribution >= 4 is 10.0 Å². The van der Waals surface area contributed by atoms with Gasteiger partial charge in [0.05, 0.1) is 12.0 Å². The summed E-state index contributed by atoms with van der Waals surface area (Å²) in [6.07, 6.45) is 0.955. The molecule has 3 aromatic carbocycles. The highest BCUT2D eigenvalue weighted by Crippen LogP contribution is 2.53. The van der Waals surface area contributed by atoms with E-state index in [1.165, 1.54) is 16.7 Å². The van der Waals surface area contributed by atoms with E-state index < -0.39 is 10.0 Å². The van der Waals surface area contributed by atoms with Crippen molar-refractivity contribution in [1.29, 1.82) is 0 Å². The monoisotopic (exact) mass is 435 g/mol. The first-order valence-electron chi connectivity index (χ1n) is 10.6. The fourth-order valence-electron chi connectivity index (χ4n) is 4.47. The van der Waals surface area contributed by atoms with E-state index in [-0.39, 0.29) is 11.8 Å². The molecular weight excluding hydrogens is 406 g/mol. The lowest BCUT2D eigenvalue weighted by Gasteiger charge is -2.46. The summed E-state index contributed by atoms with van der Waals surface area (Å²) >= 11 is 0. The van der Waals surface area contributed by atoms with Crippen LogP contribution in [-0.2, 0) is 10.0 Å². The molecule has 31 heavy (non-hydrogen) atoms. The summed E-state index contributed by atoms with van der Waals surface area (Å²) < 4.78 is 33.7. The lowest BCUT2D eigenvalue weighted by molar-refractivity contribution is 0.208. The number of methoxy groups -OCH3 is 1. The van der Waals surface area contributed by atoms with Crippen molar-refractivity contribution in [2.75, 3.05) is 13.7 Å². The Morgan fingerprint density at radius 1 is 0.839 bits per heavy atom. The van der Waals surface area contributed by atoms with Crippen LogP contribution >= 0.6 is 0 Å². The van der Waals surface area contributed by atoms with E-state index in [2.05, 4.69) is 48.0 Å². The number of sulfonamides is 1. The van der Waals surface area contributed by atoms with E-state index in [1.54, 1.807) is 19.2 Å². The SMILES string of the molecule is COc1ccc([C@H]2[C@H](CNS(=O)(=O)c3ccc(C)cc3)C[C@@H]2c2ccc(C)cc2)cc1. The highest BCUT2D eigenvalue weighted by atomic mass is 32.2. The second kappa shape index (κ2) is 8.85. The normalized spacial score (nSPS) is 20.8. The molecule has 1 aliphatic carbocycles. The topological polar surface area (TPSA) is 55.4 Å². The standard InChI is InChI=1S/C26H29NO3S/c1-18-4-8-20(9-5-18)25-16-22(26(25)21-10-12-23(30-3)13-11-21)17-27-31(28,29)24-14-6-19(2)7-15-24/h4-15,22,25-27H,16-17H2,1-3H3/t22-,25+,26-/m0/s1. The number of benzene rings is 3. The number of nitrogens with one attached hydrogen (secondary N) is 1. The highest BCUT2D eigenvalue weighted by molar-refractivity contribution is 7.89. The third-order valence-electron chi connectivity index (χ3n) is 6.37. The van der Waals surface area contributed by atoms with Crippen LogP contribution in [0, 0.1) is 19.8 Å². The van der Waals surface area contributed by atoms with Gasteiger partial charge in [0, 0.05) is 6.54 Å². The van der Waals surface area contributed by atoms with Crippen LogP contribution in [0.4, 0.5) is 0 Å². The molecule has 1 fully saturated rings. The summed E-state index contributed by atoms with van der Waals surface area (Å²) in [5, 5.41) is 0. The van der Waals surface area contributed by atoms with Gasteiger partial charge in [-0.2, -0.15) is 0 Å². The van der Waals surface area contributed by atoms with E-state index in [1.807, 2.05) is 31.2 Å². The van der Waals surface area contributed by atoms with Crippen molar-refractivity contribution in [3.05, 3.63) is 95.1 Å². The van der Waals surface area contributed by atoms with Crippen LogP contribution in [0.2, 0.25) is 0 Å². The molecule has 0 heterocycles. The number of hydrogen-bond donors (Lipinski definition) is 1. The maximum atomic E-state index is 12.8. The second-order valence-corrected chi connectivity index (χ2v) is 10.2. The quantitative estimate of drug-likeness (QED) is 0.556. The van der Waals surface area contributed by atoms with Crippen LogP contribution in [0.5, 0.6) is 5.75 Å². The van der Waals surface area contributed by atoms with Gasteiger partial charge in [0.2, 0.25) is 10.0 Å². The second-order valence-electron chi connectivity index (χ2n) is 8.48. The van der Waals surface area contributed by atoms with Crippen molar-refractivity contribution in [3.8, 4) is 5.75 Å². The third kappa shape index (κ3) is 4.68. The van der Waals surface area contributed by atoms with Crippen LogP contribution in [0.15, 0.2) is 77.7 Å². The first-order chi connectivity index (χ1) is 14.9. The van der Waals surface area contributed by atoms with Crippen LogP contribution in [-0.4, -0.2) is 22.1 Å². The van der Waals surface area contributed by atoms with E-state index in [4.69, 9.17) is 4.74 Å². The van der Waals surface area contributed by atoms with Crippen LogP contribution < -0.4 is 9.46 Å². The Hall–Kier alpha value is -2.63. The minimum atomic E-state index is -3.52. The molecule has 1 aliphatic rings. The molecule has 0 saturated heterocycles. The molecule has 3 atom stereocenters. The number of aryl methyl sites for hydroxylation is 2. The Balaban J connectivity index is 1.54. The van der Waals surface area contributed by atoms with Gasteiger partial charge in [-0.05, 0) is 73.4 Å². The number of rotatable bonds is 7. The van der Waals surface area contributed by atoms with E-state index >= 15 is 0 Å². The molecule has 5 heteroatoms. The Bertz CT molecular complexity index is 1120. The molecule has 0 aliphatic heterocycles. The smallest absolute Gasteiger partial charge is 0.240 e. The Morgan fingerprint density at radius 2 is 1.39 bits per heavy atom. The van der Waals surface area contributed by atoms with Gasteiger partial charge in [0.1, 0.15) is 5.75 Å². The van der Waals surface area contributed by atoms with Gasteiger partial charge in [-0.3, -0.25) is 0 Å². The highest BCUT2D eigenvalue weighted by Gasteiger charge is 2.42. The van der Waals surface area contributed by atoms with E-state index in [0.717, 1.165) is 17.7 Å². The Kier molecular flexibility index (Phi) is 6.17. The molecule has 1 N–H and O–H groups in total. The minimum Gasteiger partial charge on any atom is -0.497 e. The first-order valence-corrected chi connectivity index (χ1v) is 12.1. The lowest BCUT2D eigenvalue weighted by Crippen LogP contribution is -2.41. The number of hydrogen-bond acceptors (Lipinski definition) is 3. The molecule has 3 aromatic rings. The van der Waals surface area contributed by atoms with Crippen LogP contribution in [0.1, 0.15) is 40.5 Å². The summed E-state index contributed by atoms with van der Waals surface area (Å²) in [5.74, 6) is 1.70. The molecule has 0 bridgehead atoms. The van der Waals surface area contributed by atoms with Crippen molar-refractivity contribution in [2.45, 2.75) is 37.0 Å².